The molecular weight excluding hydrogens is 306 g/mol. The van der Waals surface area contributed by atoms with E-state index >= 15 is 0 Å². The highest BCUT2D eigenvalue weighted by molar-refractivity contribution is 6.00. The van der Waals surface area contributed by atoms with Gasteiger partial charge in [-0.25, -0.2) is 4.98 Å². The summed E-state index contributed by atoms with van der Waals surface area (Å²) in [4.78, 5) is 30.6. The lowest BCUT2D eigenvalue weighted by atomic mass is 10.0. The molecule has 6 nitrogen and oxygen atoms in total. The number of carbonyl (C=O) groups is 2. The molecule has 0 aliphatic carbocycles. The summed E-state index contributed by atoms with van der Waals surface area (Å²) < 4.78 is 5.68. The van der Waals surface area contributed by atoms with Crippen molar-refractivity contribution in [3.63, 3.8) is 0 Å². The first-order valence-corrected chi connectivity index (χ1v) is 8.73. The van der Waals surface area contributed by atoms with Crippen LogP contribution in [0.25, 0.3) is 0 Å². The SMILES string of the molecule is CCCCOc1ncccc1CNC(=O)C1CCCCN(C)C1=O. The summed E-state index contributed by atoms with van der Waals surface area (Å²) in [6, 6.07) is 3.70. The summed E-state index contributed by atoms with van der Waals surface area (Å²) in [5.74, 6) is -0.332. The molecule has 1 N–H and O–H groups in total. The number of rotatable bonds is 7. The number of pyridine rings is 1. The number of likely N-dealkylation sites (tertiary alicyclic amines) is 1. The monoisotopic (exact) mass is 333 g/mol. The number of nitrogens with one attached hydrogen (secondary N) is 1. The molecule has 2 amide bonds. The van der Waals surface area contributed by atoms with Crippen LogP contribution in [0, 0.1) is 5.92 Å². The molecule has 1 fully saturated rings. The van der Waals surface area contributed by atoms with Crippen LogP contribution in [0.3, 0.4) is 0 Å². The van der Waals surface area contributed by atoms with Crippen molar-refractivity contribution >= 4 is 11.8 Å². The van der Waals surface area contributed by atoms with Crippen LogP contribution >= 0.6 is 0 Å². The van der Waals surface area contributed by atoms with E-state index in [-0.39, 0.29) is 11.8 Å². The maximum absolute atomic E-state index is 12.4. The van der Waals surface area contributed by atoms with E-state index in [1.807, 2.05) is 12.1 Å². The van der Waals surface area contributed by atoms with E-state index < -0.39 is 5.92 Å². The largest absolute Gasteiger partial charge is 0.477 e. The highest BCUT2D eigenvalue weighted by atomic mass is 16.5. The van der Waals surface area contributed by atoms with Gasteiger partial charge in [0.05, 0.1) is 6.61 Å². The zero-order valence-electron chi connectivity index (χ0n) is 14.6. The minimum atomic E-state index is -0.585. The highest BCUT2D eigenvalue weighted by Gasteiger charge is 2.30. The second-order valence-corrected chi connectivity index (χ2v) is 6.20. The number of aromatic nitrogens is 1. The van der Waals surface area contributed by atoms with Crippen molar-refractivity contribution in [2.24, 2.45) is 5.92 Å². The van der Waals surface area contributed by atoms with Crippen LogP contribution in [0.4, 0.5) is 0 Å². The van der Waals surface area contributed by atoms with E-state index in [0.717, 1.165) is 37.8 Å². The Morgan fingerprint density at radius 1 is 1.46 bits per heavy atom. The molecule has 1 saturated heterocycles. The zero-order valence-corrected chi connectivity index (χ0v) is 14.6. The van der Waals surface area contributed by atoms with Crippen LogP contribution in [0.2, 0.25) is 0 Å². The number of carbonyl (C=O) groups excluding carboxylic acids is 2. The number of hydrogen-bond acceptors (Lipinski definition) is 4. The van der Waals surface area contributed by atoms with E-state index in [0.29, 0.717) is 25.5 Å². The smallest absolute Gasteiger partial charge is 0.234 e. The van der Waals surface area contributed by atoms with Gasteiger partial charge in [-0.05, 0) is 25.3 Å². The summed E-state index contributed by atoms with van der Waals surface area (Å²) in [6.07, 6.45) is 6.15. The third-order valence-corrected chi connectivity index (χ3v) is 4.27. The van der Waals surface area contributed by atoms with E-state index in [2.05, 4.69) is 17.2 Å². The fraction of sp³-hybridized carbons (Fsp3) is 0.611. The first-order valence-electron chi connectivity index (χ1n) is 8.73. The van der Waals surface area contributed by atoms with Crippen molar-refractivity contribution in [2.75, 3.05) is 20.2 Å². The lowest BCUT2D eigenvalue weighted by Crippen LogP contribution is -2.40. The minimum Gasteiger partial charge on any atom is -0.477 e. The Labute approximate surface area is 143 Å². The van der Waals surface area contributed by atoms with Crippen molar-refractivity contribution in [1.82, 2.24) is 15.2 Å². The van der Waals surface area contributed by atoms with E-state index in [1.54, 1.807) is 18.1 Å². The second-order valence-electron chi connectivity index (χ2n) is 6.20. The van der Waals surface area contributed by atoms with Gasteiger partial charge in [-0.1, -0.05) is 25.8 Å². The molecule has 0 spiro atoms. The van der Waals surface area contributed by atoms with Gasteiger partial charge in [0.1, 0.15) is 5.92 Å². The third kappa shape index (κ3) is 4.94. The Bertz CT molecular complexity index is 562. The fourth-order valence-corrected chi connectivity index (χ4v) is 2.75. The molecule has 6 heteroatoms. The topological polar surface area (TPSA) is 71.5 Å². The van der Waals surface area contributed by atoms with Crippen molar-refractivity contribution in [3.05, 3.63) is 23.9 Å². The number of amides is 2. The molecule has 0 bridgehead atoms. The van der Waals surface area contributed by atoms with Gasteiger partial charge < -0.3 is 15.0 Å². The van der Waals surface area contributed by atoms with Gasteiger partial charge in [-0.15, -0.1) is 0 Å². The number of unbranched alkanes of at least 4 members (excludes halogenated alkanes) is 1. The maximum Gasteiger partial charge on any atom is 0.234 e. The Kier molecular flexibility index (Phi) is 7.03. The standard InChI is InChI=1S/C18H27N3O3/c1-3-4-12-24-17-14(8-7-10-19-17)13-20-16(22)15-9-5-6-11-21(2)18(15)23/h7-8,10,15H,3-6,9,11-13H2,1-2H3,(H,20,22). The molecule has 1 aliphatic rings. The van der Waals surface area contributed by atoms with Crippen LogP contribution in [0.15, 0.2) is 18.3 Å². The van der Waals surface area contributed by atoms with Crippen LogP contribution < -0.4 is 10.1 Å². The summed E-state index contributed by atoms with van der Waals surface area (Å²) in [5, 5.41) is 2.87. The number of hydrogen-bond donors (Lipinski definition) is 1. The van der Waals surface area contributed by atoms with Gasteiger partial charge in [0.15, 0.2) is 0 Å². The quantitative estimate of drug-likeness (QED) is 0.613. The first kappa shape index (κ1) is 18.2. The predicted molar refractivity (Wildman–Crippen MR) is 91.5 cm³/mol. The van der Waals surface area contributed by atoms with Crippen LogP contribution in [0.1, 0.15) is 44.6 Å². The van der Waals surface area contributed by atoms with Crippen LogP contribution in [-0.4, -0.2) is 41.9 Å². The molecule has 24 heavy (non-hydrogen) atoms. The average molecular weight is 333 g/mol. The van der Waals surface area contributed by atoms with Crippen molar-refractivity contribution in [1.29, 1.82) is 0 Å². The predicted octanol–water partition coefficient (Wildman–Crippen LogP) is 2.14. The molecule has 1 aromatic rings. The van der Waals surface area contributed by atoms with E-state index in [1.165, 1.54) is 0 Å². The second kappa shape index (κ2) is 9.25. The first-order chi connectivity index (χ1) is 11.6. The van der Waals surface area contributed by atoms with Gasteiger partial charge >= 0.3 is 0 Å². The molecule has 1 atom stereocenters. The van der Waals surface area contributed by atoms with Crippen LogP contribution in [-0.2, 0) is 16.1 Å². The van der Waals surface area contributed by atoms with Gasteiger partial charge in [0.25, 0.3) is 0 Å². The minimum absolute atomic E-state index is 0.0874. The van der Waals surface area contributed by atoms with Crippen molar-refractivity contribution in [2.45, 2.75) is 45.6 Å². The van der Waals surface area contributed by atoms with Crippen molar-refractivity contribution in [3.8, 4) is 5.88 Å². The maximum atomic E-state index is 12.4. The van der Waals surface area contributed by atoms with Gasteiger partial charge in [0.2, 0.25) is 17.7 Å². The summed E-state index contributed by atoms with van der Waals surface area (Å²) in [7, 11) is 1.76. The van der Waals surface area contributed by atoms with E-state index in [4.69, 9.17) is 4.74 Å². The molecule has 2 heterocycles. The van der Waals surface area contributed by atoms with Gasteiger partial charge in [-0.2, -0.15) is 0 Å². The number of nitrogens with zero attached hydrogens (tertiary/aromatic N) is 2. The molecule has 0 aromatic carbocycles. The fourth-order valence-electron chi connectivity index (χ4n) is 2.75. The Morgan fingerprint density at radius 3 is 3.08 bits per heavy atom. The van der Waals surface area contributed by atoms with E-state index in [9.17, 15) is 9.59 Å². The Morgan fingerprint density at radius 2 is 2.29 bits per heavy atom. The highest BCUT2D eigenvalue weighted by Crippen LogP contribution is 2.18. The lowest BCUT2D eigenvalue weighted by molar-refractivity contribution is -0.140. The van der Waals surface area contributed by atoms with Gasteiger partial charge in [-0.3, -0.25) is 9.59 Å². The molecule has 1 aliphatic heterocycles. The number of ether oxygens (including phenoxy) is 1. The van der Waals surface area contributed by atoms with Crippen LogP contribution in [0.5, 0.6) is 5.88 Å². The molecular formula is C18H27N3O3. The molecule has 132 valence electrons. The normalized spacial score (nSPS) is 18.2. The van der Waals surface area contributed by atoms with Gasteiger partial charge in [0, 0.05) is 31.9 Å². The molecule has 2 rings (SSSR count). The molecule has 0 radical (unpaired) electrons. The molecule has 1 unspecified atom stereocenters. The molecule has 1 aromatic heterocycles. The Balaban J connectivity index is 1.94. The van der Waals surface area contributed by atoms with Crippen molar-refractivity contribution < 1.29 is 14.3 Å². The summed E-state index contributed by atoms with van der Waals surface area (Å²) in [6.45, 7) is 3.76. The Hall–Kier alpha value is -2.11. The third-order valence-electron chi connectivity index (χ3n) is 4.27. The zero-order chi connectivity index (χ0) is 17.4. The summed E-state index contributed by atoms with van der Waals surface area (Å²) in [5.41, 5.74) is 0.830. The average Bonchev–Trinajstić information content (AvgIpc) is 2.76. The summed E-state index contributed by atoms with van der Waals surface area (Å²) >= 11 is 0. The molecule has 0 saturated carbocycles. The lowest BCUT2D eigenvalue weighted by Gasteiger charge is -2.19.